The first kappa shape index (κ1) is 15.9. The SMILES string of the molecule is Cn1cc(NC(=O)c2cc(N3CCOCC3)ccc2[N+](=O)[O-])cn1. The first-order chi connectivity index (χ1) is 11.5. The molecular formula is C15H17N5O4. The minimum atomic E-state index is -0.554. The van der Waals surface area contributed by atoms with Crippen LogP contribution in [0.1, 0.15) is 10.4 Å². The van der Waals surface area contributed by atoms with Crippen molar-refractivity contribution in [2.75, 3.05) is 36.5 Å². The third kappa shape index (κ3) is 3.35. The van der Waals surface area contributed by atoms with Crippen LogP contribution in [0, 0.1) is 10.1 Å². The van der Waals surface area contributed by atoms with Crippen molar-refractivity contribution in [1.82, 2.24) is 9.78 Å². The molecule has 1 aliphatic heterocycles. The summed E-state index contributed by atoms with van der Waals surface area (Å²) >= 11 is 0. The van der Waals surface area contributed by atoms with E-state index in [-0.39, 0.29) is 11.3 Å². The molecule has 24 heavy (non-hydrogen) atoms. The van der Waals surface area contributed by atoms with E-state index in [1.165, 1.54) is 16.9 Å². The number of carbonyl (C=O) groups excluding carboxylic acids is 1. The Balaban J connectivity index is 1.90. The Hall–Kier alpha value is -2.94. The molecule has 0 atom stereocenters. The number of hydrogen-bond acceptors (Lipinski definition) is 6. The number of nitrogens with one attached hydrogen (secondary N) is 1. The van der Waals surface area contributed by atoms with Crippen LogP contribution in [0.25, 0.3) is 0 Å². The molecule has 0 bridgehead atoms. The third-order valence-electron chi connectivity index (χ3n) is 3.76. The number of morpholine rings is 1. The predicted molar refractivity (Wildman–Crippen MR) is 87.3 cm³/mol. The van der Waals surface area contributed by atoms with E-state index in [0.717, 1.165) is 5.69 Å². The van der Waals surface area contributed by atoms with Gasteiger partial charge >= 0.3 is 0 Å². The van der Waals surface area contributed by atoms with Crippen molar-refractivity contribution in [3.63, 3.8) is 0 Å². The van der Waals surface area contributed by atoms with Gasteiger partial charge in [-0.3, -0.25) is 19.6 Å². The van der Waals surface area contributed by atoms with Crippen molar-refractivity contribution < 1.29 is 14.5 Å². The molecule has 0 unspecified atom stereocenters. The summed E-state index contributed by atoms with van der Waals surface area (Å²) in [5, 5.41) is 17.8. The maximum atomic E-state index is 12.5. The second-order valence-corrected chi connectivity index (χ2v) is 5.41. The number of aromatic nitrogens is 2. The number of rotatable bonds is 4. The molecule has 1 saturated heterocycles. The highest BCUT2D eigenvalue weighted by Crippen LogP contribution is 2.26. The second-order valence-electron chi connectivity index (χ2n) is 5.41. The fraction of sp³-hybridized carbons (Fsp3) is 0.333. The molecule has 0 spiro atoms. The largest absolute Gasteiger partial charge is 0.378 e. The van der Waals surface area contributed by atoms with E-state index in [1.807, 2.05) is 4.90 Å². The Kier molecular flexibility index (Phi) is 4.43. The normalized spacial score (nSPS) is 14.5. The number of nitro groups is 1. The molecule has 0 saturated carbocycles. The molecule has 1 fully saturated rings. The van der Waals surface area contributed by atoms with Gasteiger partial charge in [0, 0.05) is 38.1 Å². The van der Waals surface area contributed by atoms with E-state index in [1.54, 1.807) is 25.4 Å². The Morgan fingerprint density at radius 2 is 2.12 bits per heavy atom. The fourth-order valence-corrected chi connectivity index (χ4v) is 2.57. The number of anilines is 2. The van der Waals surface area contributed by atoms with Gasteiger partial charge in [0.05, 0.1) is 30.0 Å². The highest BCUT2D eigenvalue weighted by atomic mass is 16.6. The fourth-order valence-electron chi connectivity index (χ4n) is 2.57. The van der Waals surface area contributed by atoms with E-state index >= 15 is 0 Å². The smallest absolute Gasteiger partial charge is 0.282 e. The van der Waals surface area contributed by atoms with Gasteiger partial charge < -0.3 is 15.0 Å². The molecule has 9 nitrogen and oxygen atoms in total. The highest BCUT2D eigenvalue weighted by molar-refractivity contribution is 6.07. The number of nitro benzene ring substituents is 1. The molecule has 1 aromatic carbocycles. The lowest BCUT2D eigenvalue weighted by Crippen LogP contribution is -2.36. The molecule has 1 amide bonds. The number of amides is 1. The summed E-state index contributed by atoms with van der Waals surface area (Å²) in [6.45, 7) is 2.55. The van der Waals surface area contributed by atoms with E-state index in [4.69, 9.17) is 4.74 Å². The molecule has 2 heterocycles. The summed E-state index contributed by atoms with van der Waals surface area (Å²) in [5.74, 6) is -0.537. The minimum absolute atomic E-state index is 0.0212. The van der Waals surface area contributed by atoms with Crippen LogP contribution in [0.3, 0.4) is 0 Å². The molecule has 0 aliphatic carbocycles. The first-order valence-electron chi connectivity index (χ1n) is 7.46. The number of hydrogen-bond donors (Lipinski definition) is 1. The average molecular weight is 331 g/mol. The Morgan fingerprint density at radius 1 is 1.38 bits per heavy atom. The van der Waals surface area contributed by atoms with E-state index in [0.29, 0.717) is 32.0 Å². The maximum Gasteiger partial charge on any atom is 0.282 e. The molecular weight excluding hydrogens is 314 g/mol. The third-order valence-corrected chi connectivity index (χ3v) is 3.76. The zero-order valence-corrected chi connectivity index (χ0v) is 13.1. The molecule has 0 radical (unpaired) electrons. The second kappa shape index (κ2) is 6.67. The number of nitrogens with zero attached hydrogens (tertiary/aromatic N) is 4. The van der Waals surface area contributed by atoms with Crippen LogP contribution < -0.4 is 10.2 Å². The number of carbonyl (C=O) groups is 1. The summed E-state index contributed by atoms with van der Waals surface area (Å²) in [7, 11) is 1.72. The lowest BCUT2D eigenvalue weighted by molar-refractivity contribution is -0.385. The van der Waals surface area contributed by atoms with Gasteiger partial charge in [-0.2, -0.15) is 5.10 Å². The van der Waals surface area contributed by atoms with Crippen LogP contribution in [0.15, 0.2) is 30.6 Å². The molecule has 1 aliphatic rings. The molecule has 3 rings (SSSR count). The van der Waals surface area contributed by atoms with Crippen molar-refractivity contribution in [3.05, 3.63) is 46.3 Å². The lowest BCUT2D eigenvalue weighted by Gasteiger charge is -2.29. The van der Waals surface area contributed by atoms with Gasteiger partial charge in [-0.1, -0.05) is 0 Å². The van der Waals surface area contributed by atoms with E-state index in [9.17, 15) is 14.9 Å². The zero-order chi connectivity index (χ0) is 17.1. The number of benzene rings is 1. The van der Waals surface area contributed by atoms with Crippen molar-refractivity contribution in [3.8, 4) is 0 Å². The number of aryl methyl sites for hydroxylation is 1. The predicted octanol–water partition coefficient (Wildman–Crippen LogP) is 1.42. The van der Waals surface area contributed by atoms with E-state index in [2.05, 4.69) is 10.4 Å². The van der Waals surface area contributed by atoms with Gasteiger partial charge in [-0.25, -0.2) is 0 Å². The highest BCUT2D eigenvalue weighted by Gasteiger charge is 2.23. The number of ether oxygens (including phenoxy) is 1. The van der Waals surface area contributed by atoms with Crippen molar-refractivity contribution in [2.45, 2.75) is 0 Å². The van der Waals surface area contributed by atoms with Gasteiger partial charge in [-0.05, 0) is 12.1 Å². The van der Waals surface area contributed by atoms with Crippen LogP contribution >= 0.6 is 0 Å². The van der Waals surface area contributed by atoms with Gasteiger partial charge in [0.2, 0.25) is 0 Å². The molecule has 1 aromatic heterocycles. The molecule has 1 N–H and O–H groups in total. The van der Waals surface area contributed by atoms with Gasteiger partial charge in [-0.15, -0.1) is 0 Å². The van der Waals surface area contributed by atoms with E-state index < -0.39 is 10.8 Å². The monoisotopic (exact) mass is 331 g/mol. The average Bonchev–Trinajstić information content (AvgIpc) is 3.00. The summed E-state index contributed by atoms with van der Waals surface area (Å²) in [4.78, 5) is 25.2. The summed E-state index contributed by atoms with van der Waals surface area (Å²) in [6, 6.07) is 4.57. The van der Waals surface area contributed by atoms with Gasteiger partial charge in [0.15, 0.2) is 0 Å². The standard InChI is InChI=1S/C15H17N5O4/c1-18-10-11(9-16-18)17-15(21)13-8-12(2-3-14(13)20(22)23)19-4-6-24-7-5-19/h2-3,8-10H,4-7H2,1H3,(H,17,21). The zero-order valence-electron chi connectivity index (χ0n) is 13.1. The summed E-state index contributed by atoms with van der Waals surface area (Å²) < 4.78 is 6.84. The quantitative estimate of drug-likeness (QED) is 0.671. The minimum Gasteiger partial charge on any atom is -0.378 e. The summed E-state index contributed by atoms with van der Waals surface area (Å²) in [6.07, 6.45) is 3.10. The van der Waals surface area contributed by atoms with Crippen molar-refractivity contribution in [2.24, 2.45) is 7.05 Å². The molecule has 126 valence electrons. The Morgan fingerprint density at radius 3 is 2.75 bits per heavy atom. The first-order valence-corrected chi connectivity index (χ1v) is 7.46. The van der Waals surface area contributed by atoms with Crippen molar-refractivity contribution >= 4 is 23.0 Å². The molecule has 9 heteroatoms. The Labute approximate surface area is 138 Å². The van der Waals surface area contributed by atoms with Crippen LogP contribution in [0.4, 0.5) is 17.1 Å². The van der Waals surface area contributed by atoms with Crippen LogP contribution in [-0.4, -0.2) is 46.9 Å². The van der Waals surface area contributed by atoms with Gasteiger partial charge in [0.25, 0.3) is 11.6 Å². The van der Waals surface area contributed by atoms with Crippen LogP contribution in [-0.2, 0) is 11.8 Å². The molecule has 2 aromatic rings. The maximum absolute atomic E-state index is 12.5. The van der Waals surface area contributed by atoms with Crippen LogP contribution in [0.5, 0.6) is 0 Å². The Bertz CT molecular complexity index is 767. The lowest BCUT2D eigenvalue weighted by atomic mass is 10.1. The topological polar surface area (TPSA) is 103 Å². The van der Waals surface area contributed by atoms with Crippen LogP contribution in [0.2, 0.25) is 0 Å². The van der Waals surface area contributed by atoms with Crippen molar-refractivity contribution in [1.29, 1.82) is 0 Å². The summed E-state index contributed by atoms with van der Waals surface area (Å²) in [5.41, 5.74) is 1.04. The van der Waals surface area contributed by atoms with Gasteiger partial charge in [0.1, 0.15) is 5.56 Å².